The topological polar surface area (TPSA) is 97.8 Å². The summed E-state index contributed by atoms with van der Waals surface area (Å²) in [4.78, 5) is 28.4. The fourth-order valence-electron chi connectivity index (χ4n) is 2.58. The van der Waals surface area contributed by atoms with E-state index in [1.807, 2.05) is 0 Å². The molecule has 2 rings (SSSR count). The molecule has 0 saturated heterocycles. The molecule has 10 heteroatoms. The highest BCUT2D eigenvalue weighted by atomic mass is 19.4. The first-order chi connectivity index (χ1) is 13.7. The molecule has 0 aliphatic rings. The summed E-state index contributed by atoms with van der Waals surface area (Å²) in [6, 6.07) is 5.57. The summed E-state index contributed by atoms with van der Waals surface area (Å²) in [5.41, 5.74) is -0.460. The van der Waals surface area contributed by atoms with E-state index in [-0.39, 0.29) is 17.9 Å². The minimum atomic E-state index is -4.54. The number of carbonyl (C=O) groups excluding carboxylic acids is 2. The summed E-state index contributed by atoms with van der Waals surface area (Å²) in [6.07, 6.45) is -4.86. The Morgan fingerprint density at radius 2 is 1.83 bits per heavy atom. The Hall–Kier alpha value is -3.14. The van der Waals surface area contributed by atoms with E-state index in [0.717, 1.165) is 31.4 Å². The number of hydrogen-bond donors (Lipinski definition) is 2. The van der Waals surface area contributed by atoms with Crippen LogP contribution in [0.4, 0.5) is 13.2 Å². The number of methoxy groups -OCH3 is 2. The van der Waals surface area contributed by atoms with Crippen LogP contribution in [0.2, 0.25) is 0 Å². The molecule has 1 amide bonds. The molecule has 7 nitrogen and oxygen atoms in total. The van der Waals surface area contributed by atoms with E-state index in [2.05, 4.69) is 15.0 Å². The van der Waals surface area contributed by atoms with E-state index < -0.39 is 35.8 Å². The molecule has 0 aliphatic carbocycles. The van der Waals surface area contributed by atoms with Crippen molar-refractivity contribution < 1.29 is 37.3 Å². The Bertz CT molecular complexity index is 856. The molecule has 2 atom stereocenters. The molecule has 0 fully saturated rings. The second-order valence-electron chi connectivity index (χ2n) is 5.98. The van der Waals surface area contributed by atoms with Gasteiger partial charge in [-0.15, -0.1) is 0 Å². The SMILES string of the molecule is COC(=O)[C@H](Cc1cccnc1OC)NC(=O)[C@H](O)c1ccc(C(F)(F)F)cc1. The second kappa shape index (κ2) is 9.37. The molecular formula is C19H19F3N2O5. The zero-order chi connectivity index (χ0) is 21.6. The fraction of sp³-hybridized carbons (Fsp3) is 0.316. The van der Waals surface area contributed by atoms with Crippen molar-refractivity contribution in [3.63, 3.8) is 0 Å². The largest absolute Gasteiger partial charge is 0.481 e. The number of ether oxygens (including phenoxy) is 2. The van der Waals surface area contributed by atoms with Crippen LogP contribution in [-0.4, -0.2) is 42.2 Å². The number of hydrogen-bond acceptors (Lipinski definition) is 6. The number of carbonyl (C=O) groups is 2. The molecule has 0 spiro atoms. The predicted molar refractivity (Wildman–Crippen MR) is 94.8 cm³/mol. The van der Waals surface area contributed by atoms with Crippen LogP contribution in [-0.2, 0) is 26.9 Å². The van der Waals surface area contributed by atoms with Gasteiger partial charge in [-0.2, -0.15) is 13.2 Å². The van der Waals surface area contributed by atoms with Gasteiger partial charge < -0.3 is 19.9 Å². The van der Waals surface area contributed by atoms with Gasteiger partial charge in [0.25, 0.3) is 5.91 Å². The number of nitrogens with zero attached hydrogens (tertiary/aromatic N) is 1. The Balaban J connectivity index is 2.16. The maximum Gasteiger partial charge on any atom is 0.416 e. The highest BCUT2D eigenvalue weighted by Gasteiger charge is 2.31. The van der Waals surface area contributed by atoms with Crippen LogP contribution < -0.4 is 10.1 Å². The molecule has 0 aliphatic heterocycles. The van der Waals surface area contributed by atoms with Crippen LogP contribution in [0.5, 0.6) is 5.88 Å². The molecule has 0 radical (unpaired) electrons. The zero-order valence-electron chi connectivity index (χ0n) is 15.6. The first-order valence-electron chi connectivity index (χ1n) is 8.38. The molecule has 29 heavy (non-hydrogen) atoms. The van der Waals surface area contributed by atoms with Gasteiger partial charge in [0, 0.05) is 18.2 Å². The van der Waals surface area contributed by atoms with Crippen molar-refractivity contribution in [2.45, 2.75) is 24.7 Å². The maximum atomic E-state index is 12.6. The van der Waals surface area contributed by atoms with E-state index in [9.17, 15) is 27.9 Å². The molecule has 1 aromatic carbocycles. The van der Waals surface area contributed by atoms with E-state index in [1.54, 1.807) is 12.1 Å². The molecule has 0 unspecified atom stereocenters. The minimum Gasteiger partial charge on any atom is -0.481 e. The fourth-order valence-corrected chi connectivity index (χ4v) is 2.58. The number of nitrogens with one attached hydrogen (secondary N) is 1. The van der Waals surface area contributed by atoms with E-state index >= 15 is 0 Å². The van der Waals surface area contributed by atoms with Gasteiger partial charge >= 0.3 is 12.1 Å². The smallest absolute Gasteiger partial charge is 0.416 e. The third kappa shape index (κ3) is 5.67. The molecule has 2 aromatic rings. The highest BCUT2D eigenvalue weighted by Crippen LogP contribution is 2.30. The second-order valence-corrected chi connectivity index (χ2v) is 5.98. The quantitative estimate of drug-likeness (QED) is 0.676. The standard InChI is InChI=1S/C19H19F3N2O5/c1-28-17-12(4-3-9-23-17)10-14(18(27)29-2)24-16(26)15(25)11-5-7-13(8-6-11)19(20,21)22/h3-9,14-15,25H,10H2,1-2H3,(H,24,26)/t14-,15+/m0/s1. The summed E-state index contributed by atoms with van der Waals surface area (Å²) in [5, 5.41) is 12.5. The molecule has 0 saturated carbocycles. The summed E-state index contributed by atoms with van der Waals surface area (Å²) >= 11 is 0. The van der Waals surface area contributed by atoms with E-state index in [0.29, 0.717) is 5.56 Å². The van der Waals surface area contributed by atoms with E-state index in [1.165, 1.54) is 13.3 Å². The van der Waals surface area contributed by atoms with Crippen LogP contribution in [0.15, 0.2) is 42.6 Å². The summed E-state index contributed by atoms with van der Waals surface area (Å²) in [6.45, 7) is 0. The maximum absolute atomic E-state index is 12.6. The van der Waals surface area contributed by atoms with Gasteiger partial charge in [-0.1, -0.05) is 18.2 Å². The van der Waals surface area contributed by atoms with Crippen LogP contribution in [0, 0.1) is 0 Å². The number of benzene rings is 1. The summed E-state index contributed by atoms with van der Waals surface area (Å²) in [7, 11) is 2.53. The Morgan fingerprint density at radius 3 is 2.38 bits per heavy atom. The normalized spacial score (nSPS) is 13.3. The van der Waals surface area contributed by atoms with Crippen molar-refractivity contribution in [2.75, 3.05) is 14.2 Å². The third-order valence-electron chi connectivity index (χ3n) is 4.07. The molecule has 1 aromatic heterocycles. The highest BCUT2D eigenvalue weighted by molar-refractivity contribution is 5.87. The first-order valence-corrected chi connectivity index (χ1v) is 8.38. The van der Waals surface area contributed by atoms with Gasteiger partial charge in [0.15, 0.2) is 6.10 Å². The lowest BCUT2D eigenvalue weighted by molar-refractivity contribution is -0.146. The van der Waals surface area contributed by atoms with E-state index in [4.69, 9.17) is 4.74 Å². The van der Waals surface area contributed by atoms with Crippen LogP contribution in [0.25, 0.3) is 0 Å². The van der Waals surface area contributed by atoms with Crippen LogP contribution in [0.1, 0.15) is 22.8 Å². The number of pyridine rings is 1. The van der Waals surface area contributed by atoms with Crippen molar-refractivity contribution in [2.24, 2.45) is 0 Å². The van der Waals surface area contributed by atoms with Crippen LogP contribution >= 0.6 is 0 Å². The number of aliphatic hydroxyl groups excluding tert-OH is 1. The van der Waals surface area contributed by atoms with Crippen molar-refractivity contribution in [1.29, 1.82) is 0 Å². The number of alkyl halides is 3. The number of esters is 1. The number of halogens is 3. The molecule has 2 N–H and O–H groups in total. The Morgan fingerprint density at radius 1 is 1.17 bits per heavy atom. The Labute approximate surface area is 164 Å². The van der Waals surface area contributed by atoms with Crippen molar-refractivity contribution in [1.82, 2.24) is 10.3 Å². The zero-order valence-corrected chi connectivity index (χ0v) is 15.6. The monoisotopic (exact) mass is 412 g/mol. The van der Waals surface area contributed by atoms with Gasteiger partial charge in [-0.25, -0.2) is 9.78 Å². The lowest BCUT2D eigenvalue weighted by atomic mass is 10.0. The molecule has 156 valence electrons. The predicted octanol–water partition coefficient (Wildman–Crippen LogP) is 2.04. The molecule has 1 heterocycles. The van der Waals surface area contributed by atoms with Gasteiger partial charge in [0.2, 0.25) is 5.88 Å². The third-order valence-corrected chi connectivity index (χ3v) is 4.07. The lowest BCUT2D eigenvalue weighted by Crippen LogP contribution is -2.45. The van der Waals surface area contributed by atoms with Crippen LogP contribution in [0.3, 0.4) is 0 Å². The van der Waals surface area contributed by atoms with Gasteiger partial charge in [-0.05, 0) is 23.8 Å². The average Bonchev–Trinajstić information content (AvgIpc) is 2.71. The van der Waals surface area contributed by atoms with Crippen molar-refractivity contribution in [3.05, 3.63) is 59.3 Å². The minimum absolute atomic E-state index is 0.0326. The summed E-state index contributed by atoms with van der Waals surface area (Å²) in [5.74, 6) is -1.49. The average molecular weight is 412 g/mol. The number of amides is 1. The Kier molecular flexibility index (Phi) is 7.16. The number of aromatic nitrogens is 1. The lowest BCUT2D eigenvalue weighted by Gasteiger charge is -2.20. The van der Waals surface area contributed by atoms with Gasteiger partial charge in [0.05, 0.1) is 19.8 Å². The van der Waals surface area contributed by atoms with Crippen molar-refractivity contribution in [3.8, 4) is 5.88 Å². The molecule has 0 bridgehead atoms. The number of aliphatic hydroxyl groups is 1. The number of rotatable bonds is 7. The van der Waals surface area contributed by atoms with Gasteiger partial charge in [0.1, 0.15) is 6.04 Å². The van der Waals surface area contributed by atoms with Crippen molar-refractivity contribution >= 4 is 11.9 Å². The summed E-state index contributed by atoms with van der Waals surface area (Å²) < 4.78 is 47.7. The molecular weight excluding hydrogens is 393 g/mol. The van der Waals surface area contributed by atoms with Gasteiger partial charge in [-0.3, -0.25) is 4.79 Å². The first kappa shape index (κ1) is 22.2.